The second kappa shape index (κ2) is 9.62. The number of hydrogen-bond donors (Lipinski definition) is 2. The van der Waals surface area contributed by atoms with E-state index in [4.69, 9.17) is 14.9 Å². The predicted molar refractivity (Wildman–Crippen MR) is 105 cm³/mol. The number of nitrogens with one attached hydrogen (secondary N) is 1. The zero-order valence-corrected chi connectivity index (χ0v) is 16.2. The van der Waals surface area contributed by atoms with E-state index in [2.05, 4.69) is 5.32 Å². The van der Waals surface area contributed by atoms with E-state index in [1.807, 2.05) is 18.2 Å². The topological polar surface area (TPSA) is 97.8 Å². The number of hydrogen-bond acceptors (Lipinski definition) is 5. The van der Waals surface area contributed by atoms with Crippen molar-refractivity contribution in [2.45, 2.75) is 19.3 Å². The summed E-state index contributed by atoms with van der Waals surface area (Å²) in [6, 6.07) is 5.56. The highest BCUT2D eigenvalue weighted by molar-refractivity contribution is 5.89. The maximum Gasteiger partial charge on any atom is 0.227 e. The average Bonchev–Trinajstić information content (AvgIpc) is 3.08. The fourth-order valence-electron chi connectivity index (χ4n) is 3.36. The highest BCUT2D eigenvalue weighted by Gasteiger charge is 2.28. The first kappa shape index (κ1) is 21.1. The third-order valence-electron chi connectivity index (χ3n) is 4.79. The van der Waals surface area contributed by atoms with Gasteiger partial charge in [0.25, 0.3) is 0 Å². The van der Waals surface area contributed by atoms with Gasteiger partial charge in [-0.2, -0.15) is 0 Å². The molecule has 3 N–H and O–H groups in total. The number of likely N-dealkylation sites (tertiary alicyclic amines) is 1. The summed E-state index contributed by atoms with van der Waals surface area (Å²) in [5.74, 6) is 0.547. The second-order valence-corrected chi connectivity index (χ2v) is 6.56. The minimum Gasteiger partial charge on any atom is -0.497 e. The Hall–Kier alpha value is -2.25. The summed E-state index contributed by atoms with van der Waals surface area (Å²) in [5.41, 5.74) is 6.97. The van der Waals surface area contributed by atoms with E-state index in [0.717, 1.165) is 23.8 Å². The molecule has 2 amide bonds. The van der Waals surface area contributed by atoms with E-state index >= 15 is 0 Å². The van der Waals surface area contributed by atoms with Crippen molar-refractivity contribution >= 4 is 35.2 Å². The number of halogens is 1. The summed E-state index contributed by atoms with van der Waals surface area (Å²) < 4.78 is 10.7. The Morgan fingerprint density at radius 2 is 2.22 bits per heavy atom. The van der Waals surface area contributed by atoms with Crippen molar-refractivity contribution in [1.29, 1.82) is 0 Å². The zero-order chi connectivity index (χ0) is 18.5. The summed E-state index contributed by atoms with van der Waals surface area (Å²) in [4.78, 5) is 26.6. The third kappa shape index (κ3) is 4.93. The molecule has 1 saturated heterocycles. The molecule has 0 aliphatic carbocycles. The zero-order valence-electron chi connectivity index (χ0n) is 15.4. The molecule has 1 aliphatic rings. The van der Waals surface area contributed by atoms with Crippen molar-refractivity contribution in [2.24, 2.45) is 11.7 Å². The molecule has 1 aromatic carbocycles. The molecule has 3 rings (SSSR count). The summed E-state index contributed by atoms with van der Waals surface area (Å²) >= 11 is 0. The quantitative estimate of drug-likeness (QED) is 0.776. The smallest absolute Gasteiger partial charge is 0.227 e. The van der Waals surface area contributed by atoms with Crippen LogP contribution in [-0.2, 0) is 16.0 Å². The maximum absolute atomic E-state index is 12.7. The fraction of sp³-hybridized carbons (Fsp3) is 0.474. The number of nitrogens with two attached hydrogens (primary N) is 1. The van der Waals surface area contributed by atoms with E-state index in [0.29, 0.717) is 37.5 Å². The Morgan fingerprint density at radius 3 is 2.96 bits per heavy atom. The van der Waals surface area contributed by atoms with Crippen molar-refractivity contribution < 1.29 is 18.7 Å². The van der Waals surface area contributed by atoms with E-state index in [-0.39, 0.29) is 36.6 Å². The van der Waals surface area contributed by atoms with Crippen LogP contribution in [0.2, 0.25) is 0 Å². The minimum absolute atomic E-state index is 0. The second-order valence-electron chi connectivity index (χ2n) is 6.56. The van der Waals surface area contributed by atoms with Gasteiger partial charge in [-0.3, -0.25) is 9.59 Å². The average molecular weight is 396 g/mol. The molecular formula is C19H26ClN3O4. The van der Waals surface area contributed by atoms with Gasteiger partial charge in [0, 0.05) is 43.2 Å². The normalized spacial score (nSPS) is 16.7. The van der Waals surface area contributed by atoms with Crippen LogP contribution in [0.25, 0.3) is 11.0 Å². The van der Waals surface area contributed by atoms with Gasteiger partial charge in [0.1, 0.15) is 11.3 Å². The Bertz CT molecular complexity index is 792. The van der Waals surface area contributed by atoms with Crippen molar-refractivity contribution in [3.05, 3.63) is 30.0 Å². The number of furan rings is 1. The first-order chi connectivity index (χ1) is 12.6. The maximum atomic E-state index is 12.7. The number of ether oxygens (including phenoxy) is 1. The van der Waals surface area contributed by atoms with Crippen LogP contribution >= 0.6 is 12.4 Å². The first-order valence-electron chi connectivity index (χ1n) is 8.92. The largest absolute Gasteiger partial charge is 0.497 e. The molecule has 1 fully saturated rings. The lowest BCUT2D eigenvalue weighted by atomic mass is 9.96. The SMILES string of the molecule is COc1ccc2c(CC(=O)N3CCCC(C(=O)NCCN)C3)coc2c1.Cl. The summed E-state index contributed by atoms with van der Waals surface area (Å²) in [6.45, 7) is 2.02. The number of benzene rings is 1. The standard InChI is InChI=1S/C19H25N3O4.ClH/c1-25-15-4-5-16-14(12-26-17(16)10-15)9-18(23)22-8-2-3-13(11-22)19(24)21-7-6-20;/h4-5,10,12-13H,2-3,6-9,11,20H2,1H3,(H,21,24);1H. The number of methoxy groups -OCH3 is 1. The van der Waals surface area contributed by atoms with Gasteiger partial charge in [-0.1, -0.05) is 0 Å². The molecule has 0 spiro atoms. The lowest BCUT2D eigenvalue weighted by molar-refractivity contribution is -0.135. The van der Waals surface area contributed by atoms with E-state index < -0.39 is 0 Å². The van der Waals surface area contributed by atoms with Crippen LogP contribution in [0.4, 0.5) is 0 Å². The van der Waals surface area contributed by atoms with E-state index in [9.17, 15) is 9.59 Å². The van der Waals surface area contributed by atoms with Gasteiger partial charge in [-0.15, -0.1) is 12.4 Å². The molecule has 2 heterocycles. The van der Waals surface area contributed by atoms with Crippen molar-refractivity contribution in [3.8, 4) is 5.75 Å². The highest BCUT2D eigenvalue weighted by Crippen LogP contribution is 2.26. The lowest BCUT2D eigenvalue weighted by Crippen LogP contribution is -2.46. The van der Waals surface area contributed by atoms with E-state index in [1.54, 1.807) is 18.3 Å². The van der Waals surface area contributed by atoms with Crippen molar-refractivity contribution in [2.75, 3.05) is 33.3 Å². The highest BCUT2D eigenvalue weighted by atomic mass is 35.5. The van der Waals surface area contributed by atoms with Crippen LogP contribution < -0.4 is 15.8 Å². The number of nitrogens with zero attached hydrogens (tertiary/aromatic N) is 1. The number of amides is 2. The molecule has 1 unspecified atom stereocenters. The van der Waals surface area contributed by atoms with Gasteiger partial charge < -0.3 is 25.1 Å². The van der Waals surface area contributed by atoms with Crippen LogP contribution in [0.15, 0.2) is 28.9 Å². The lowest BCUT2D eigenvalue weighted by Gasteiger charge is -2.32. The molecule has 0 radical (unpaired) electrons. The van der Waals surface area contributed by atoms with Crippen LogP contribution in [-0.4, -0.2) is 50.0 Å². The Morgan fingerprint density at radius 1 is 1.41 bits per heavy atom. The van der Waals surface area contributed by atoms with Gasteiger partial charge in [0.2, 0.25) is 11.8 Å². The predicted octanol–water partition coefficient (Wildman–Crippen LogP) is 1.72. The first-order valence-corrected chi connectivity index (χ1v) is 8.92. The van der Waals surface area contributed by atoms with Crippen molar-refractivity contribution in [3.63, 3.8) is 0 Å². The van der Waals surface area contributed by atoms with Crippen LogP contribution in [0.1, 0.15) is 18.4 Å². The Balaban J connectivity index is 0.00000261. The Labute approximate surface area is 164 Å². The molecule has 1 atom stereocenters. The number of carbonyl (C=O) groups is 2. The number of rotatable bonds is 6. The van der Waals surface area contributed by atoms with Gasteiger partial charge in [-0.05, 0) is 25.0 Å². The molecular weight excluding hydrogens is 370 g/mol. The molecule has 1 aromatic heterocycles. The minimum atomic E-state index is -0.162. The van der Waals surface area contributed by atoms with Crippen LogP contribution in [0, 0.1) is 5.92 Å². The van der Waals surface area contributed by atoms with Gasteiger partial charge in [0.05, 0.1) is 25.7 Å². The Kier molecular flexibility index (Phi) is 7.50. The van der Waals surface area contributed by atoms with Crippen LogP contribution in [0.5, 0.6) is 5.75 Å². The number of carbonyl (C=O) groups excluding carboxylic acids is 2. The van der Waals surface area contributed by atoms with E-state index in [1.165, 1.54) is 0 Å². The summed E-state index contributed by atoms with van der Waals surface area (Å²) in [6.07, 6.45) is 3.51. The van der Waals surface area contributed by atoms with Gasteiger partial charge in [-0.25, -0.2) is 0 Å². The number of piperidine rings is 1. The molecule has 7 nitrogen and oxygen atoms in total. The molecule has 0 bridgehead atoms. The molecule has 1 aliphatic heterocycles. The van der Waals surface area contributed by atoms with Crippen molar-refractivity contribution in [1.82, 2.24) is 10.2 Å². The molecule has 148 valence electrons. The fourth-order valence-corrected chi connectivity index (χ4v) is 3.36. The monoisotopic (exact) mass is 395 g/mol. The summed E-state index contributed by atoms with van der Waals surface area (Å²) in [5, 5.41) is 3.72. The molecule has 8 heteroatoms. The number of fused-ring (bicyclic) bond motifs is 1. The van der Waals surface area contributed by atoms with Gasteiger partial charge in [0.15, 0.2) is 0 Å². The van der Waals surface area contributed by atoms with Gasteiger partial charge >= 0.3 is 0 Å². The summed E-state index contributed by atoms with van der Waals surface area (Å²) in [7, 11) is 1.60. The molecule has 2 aromatic rings. The third-order valence-corrected chi connectivity index (χ3v) is 4.79. The van der Waals surface area contributed by atoms with Crippen LogP contribution in [0.3, 0.4) is 0 Å². The molecule has 27 heavy (non-hydrogen) atoms. The molecule has 0 saturated carbocycles.